The van der Waals surface area contributed by atoms with E-state index in [1.807, 2.05) is 0 Å². The highest BCUT2D eigenvalue weighted by Gasteiger charge is 2.18. The van der Waals surface area contributed by atoms with Crippen molar-refractivity contribution in [2.45, 2.75) is 0 Å². The number of halogens is 3. The van der Waals surface area contributed by atoms with Crippen LogP contribution in [0.1, 0.15) is 20.0 Å². The van der Waals surface area contributed by atoms with Gasteiger partial charge in [0.1, 0.15) is 10.7 Å². The van der Waals surface area contributed by atoms with Gasteiger partial charge in [-0.25, -0.2) is 4.39 Å². The van der Waals surface area contributed by atoms with Gasteiger partial charge in [0.2, 0.25) is 5.91 Å². The second kappa shape index (κ2) is 6.39. The maximum atomic E-state index is 13.3. The van der Waals surface area contributed by atoms with Gasteiger partial charge in [-0.1, -0.05) is 23.2 Å². The first kappa shape index (κ1) is 16.7. The Bertz CT molecular complexity index is 988. The number of amides is 2. The molecule has 0 radical (unpaired) electrons. The predicted octanol–water partition coefficient (Wildman–Crippen LogP) is 4.70. The Balaban J connectivity index is 1.94. The average molecular weight is 383 g/mol. The third-order valence-corrected chi connectivity index (χ3v) is 5.27. The van der Waals surface area contributed by atoms with E-state index in [4.69, 9.17) is 28.9 Å². The van der Waals surface area contributed by atoms with E-state index in [2.05, 4.69) is 5.32 Å². The van der Waals surface area contributed by atoms with Gasteiger partial charge in [0.25, 0.3) is 5.91 Å². The van der Waals surface area contributed by atoms with E-state index < -0.39 is 17.6 Å². The van der Waals surface area contributed by atoms with Crippen LogP contribution in [0.4, 0.5) is 10.1 Å². The number of primary amides is 1. The first-order valence-corrected chi connectivity index (χ1v) is 8.22. The monoisotopic (exact) mass is 382 g/mol. The standard InChI is InChI=1S/C16H9Cl2FN2O2S/c17-11-4-2-8(6-10(11)15(20)22)21-16(23)14-13(18)9-3-1-7(19)5-12(9)24-14/h1-6H,(H2,20,22)(H,21,23). The third kappa shape index (κ3) is 3.08. The molecule has 3 rings (SSSR count). The van der Waals surface area contributed by atoms with Crippen molar-refractivity contribution in [2.75, 3.05) is 5.32 Å². The highest BCUT2D eigenvalue weighted by molar-refractivity contribution is 7.21. The van der Waals surface area contributed by atoms with Crippen LogP contribution in [0, 0.1) is 5.82 Å². The molecule has 2 amide bonds. The van der Waals surface area contributed by atoms with Gasteiger partial charge in [-0.3, -0.25) is 9.59 Å². The normalized spacial score (nSPS) is 10.8. The minimum Gasteiger partial charge on any atom is -0.366 e. The van der Waals surface area contributed by atoms with E-state index >= 15 is 0 Å². The molecule has 8 heteroatoms. The Kier molecular flexibility index (Phi) is 4.45. The smallest absolute Gasteiger partial charge is 0.267 e. The van der Waals surface area contributed by atoms with Gasteiger partial charge in [0.05, 0.1) is 15.6 Å². The van der Waals surface area contributed by atoms with Gasteiger partial charge >= 0.3 is 0 Å². The molecule has 2 aromatic carbocycles. The Hall–Kier alpha value is -2.15. The fourth-order valence-corrected chi connectivity index (χ4v) is 3.81. The van der Waals surface area contributed by atoms with Crippen molar-refractivity contribution in [3.63, 3.8) is 0 Å². The summed E-state index contributed by atoms with van der Waals surface area (Å²) in [5.74, 6) is -1.58. The molecule has 122 valence electrons. The number of benzene rings is 2. The summed E-state index contributed by atoms with van der Waals surface area (Å²) in [4.78, 5) is 24.0. The zero-order valence-corrected chi connectivity index (χ0v) is 14.2. The number of fused-ring (bicyclic) bond motifs is 1. The highest BCUT2D eigenvalue weighted by Crippen LogP contribution is 2.36. The summed E-state index contributed by atoms with van der Waals surface area (Å²) in [6.07, 6.45) is 0. The van der Waals surface area contributed by atoms with Gasteiger partial charge < -0.3 is 11.1 Å². The summed E-state index contributed by atoms with van der Waals surface area (Å²) in [5.41, 5.74) is 5.67. The number of carbonyl (C=O) groups excluding carboxylic acids is 2. The molecule has 1 heterocycles. The third-order valence-electron chi connectivity index (χ3n) is 3.29. The largest absolute Gasteiger partial charge is 0.366 e. The molecule has 0 aliphatic carbocycles. The lowest BCUT2D eigenvalue weighted by atomic mass is 10.2. The molecule has 4 nitrogen and oxygen atoms in total. The Morgan fingerprint density at radius 2 is 1.88 bits per heavy atom. The number of hydrogen-bond donors (Lipinski definition) is 2. The Labute approximate surface area is 150 Å². The molecule has 0 spiro atoms. The SMILES string of the molecule is NC(=O)c1cc(NC(=O)c2sc3cc(F)ccc3c2Cl)ccc1Cl. The van der Waals surface area contributed by atoms with Crippen LogP contribution in [-0.4, -0.2) is 11.8 Å². The van der Waals surface area contributed by atoms with Crippen LogP contribution in [0.2, 0.25) is 10.0 Å². The van der Waals surface area contributed by atoms with Gasteiger partial charge in [-0.2, -0.15) is 0 Å². The molecular formula is C16H9Cl2FN2O2S. The molecule has 24 heavy (non-hydrogen) atoms. The van der Waals surface area contributed by atoms with Gasteiger partial charge in [-0.05, 0) is 36.4 Å². The van der Waals surface area contributed by atoms with Crippen LogP contribution in [0.5, 0.6) is 0 Å². The average Bonchev–Trinajstić information content (AvgIpc) is 2.85. The summed E-state index contributed by atoms with van der Waals surface area (Å²) in [7, 11) is 0. The quantitative estimate of drug-likeness (QED) is 0.688. The molecule has 0 bridgehead atoms. The fraction of sp³-hybridized carbons (Fsp3) is 0. The molecule has 1 aromatic heterocycles. The molecule has 3 aromatic rings. The summed E-state index contributed by atoms with van der Waals surface area (Å²) < 4.78 is 13.9. The molecule has 0 atom stereocenters. The molecule has 0 aliphatic heterocycles. The van der Waals surface area contributed by atoms with E-state index in [9.17, 15) is 14.0 Å². The van der Waals surface area contributed by atoms with E-state index in [1.54, 1.807) is 0 Å². The van der Waals surface area contributed by atoms with Crippen LogP contribution < -0.4 is 11.1 Å². The van der Waals surface area contributed by atoms with E-state index in [-0.39, 0.29) is 20.5 Å². The lowest BCUT2D eigenvalue weighted by molar-refractivity contribution is 0.0996. The zero-order chi connectivity index (χ0) is 17.4. The van der Waals surface area contributed by atoms with Crippen molar-refractivity contribution in [1.29, 1.82) is 0 Å². The van der Waals surface area contributed by atoms with Crippen LogP contribution in [0.25, 0.3) is 10.1 Å². The zero-order valence-electron chi connectivity index (χ0n) is 11.9. The maximum Gasteiger partial charge on any atom is 0.267 e. The van der Waals surface area contributed by atoms with E-state index in [0.29, 0.717) is 15.8 Å². The number of carbonyl (C=O) groups is 2. The van der Waals surface area contributed by atoms with Gasteiger partial charge in [0.15, 0.2) is 0 Å². The van der Waals surface area contributed by atoms with E-state index in [0.717, 1.165) is 11.3 Å². The van der Waals surface area contributed by atoms with E-state index in [1.165, 1.54) is 36.4 Å². The van der Waals surface area contributed by atoms with Crippen LogP contribution >= 0.6 is 34.5 Å². The molecule has 0 saturated carbocycles. The lowest BCUT2D eigenvalue weighted by Gasteiger charge is -2.06. The predicted molar refractivity (Wildman–Crippen MR) is 94.7 cm³/mol. The first-order chi connectivity index (χ1) is 11.4. The highest BCUT2D eigenvalue weighted by atomic mass is 35.5. The Morgan fingerprint density at radius 1 is 1.12 bits per heavy atom. The first-order valence-electron chi connectivity index (χ1n) is 6.65. The number of rotatable bonds is 3. The van der Waals surface area contributed by atoms with Crippen molar-refractivity contribution >= 4 is 62.1 Å². The van der Waals surface area contributed by atoms with Crippen molar-refractivity contribution in [1.82, 2.24) is 0 Å². The van der Waals surface area contributed by atoms with Crippen molar-refractivity contribution in [3.8, 4) is 0 Å². The van der Waals surface area contributed by atoms with Crippen molar-refractivity contribution in [3.05, 3.63) is 62.7 Å². The topological polar surface area (TPSA) is 72.2 Å². The summed E-state index contributed by atoms with van der Waals surface area (Å²) in [5, 5.41) is 3.66. The number of hydrogen-bond acceptors (Lipinski definition) is 3. The van der Waals surface area contributed by atoms with Gasteiger partial charge in [-0.15, -0.1) is 11.3 Å². The molecule has 0 unspecified atom stereocenters. The lowest BCUT2D eigenvalue weighted by Crippen LogP contribution is -2.14. The minimum absolute atomic E-state index is 0.0963. The maximum absolute atomic E-state index is 13.3. The second-order valence-corrected chi connectivity index (χ2v) is 6.74. The molecule has 0 fully saturated rings. The number of anilines is 1. The number of nitrogens with one attached hydrogen (secondary N) is 1. The minimum atomic E-state index is -0.702. The van der Waals surface area contributed by atoms with Crippen LogP contribution in [0.3, 0.4) is 0 Å². The second-order valence-electron chi connectivity index (χ2n) is 4.90. The van der Waals surface area contributed by atoms with Crippen LogP contribution in [-0.2, 0) is 0 Å². The van der Waals surface area contributed by atoms with Crippen molar-refractivity contribution in [2.24, 2.45) is 5.73 Å². The Morgan fingerprint density at radius 3 is 2.58 bits per heavy atom. The summed E-state index contributed by atoms with van der Waals surface area (Å²) >= 11 is 13.2. The summed E-state index contributed by atoms with van der Waals surface area (Å²) in [6.45, 7) is 0. The van der Waals surface area contributed by atoms with Crippen LogP contribution in [0.15, 0.2) is 36.4 Å². The summed E-state index contributed by atoms with van der Waals surface area (Å²) in [6, 6.07) is 8.49. The molecule has 0 aliphatic rings. The molecule has 3 N–H and O–H groups in total. The van der Waals surface area contributed by atoms with Gasteiger partial charge in [0, 0.05) is 15.8 Å². The molecule has 0 saturated heterocycles. The fourth-order valence-electron chi connectivity index (χ4n) is 2.16. The number of thiophene rings is 1. The molecular weight excluding hydrogens is 374 g/mol. The van der Waals surface area contributed by atoms with Crippen molar-refractivity contribution < 1.29 is 14.0 Å². The number of nitrogens with two attached hydrogens (primary N) is 1.